The number of rotatable bonds is 3. The topological polar surface area (TPSA) is 29.5 Å². The van der Waals surface area contributed by atoms with Crippen molar-refractivity contribution < 1.29 is 9.53 Å². The molecule has 1 heterocycles. The van der Waals surface area contributed by atoms with Gasteiger partial charge in [0.05, 0.1) is 7.11 Å². The lowest BCUT2D eigenvalue weighted by molar-refractivity contribution is -0.130. The molecule has 2 atom stereocenters. The molecule has 1 aliphatic carbocycles. The van der Waals surface area contributed by atoms with Crippen LogP contribution in [0.4, 0.5) is 0 Å². The Morgan fingerprint density at radius 3 is 2.81 bits per heavy atom. The molecular weight excluding hydrogens is 262 g/mol. The minimum atomic E-state index is 0.0836. The summed E-state index contributed by atoms with van der Waals surface area (Å²) in [5.74, 6) is 0.971. The SMILES string of the molecule is CC[C@]12CCN(C=O)[C@H](Cc3c(OC)cccc31)C2(C)C. The second-order valence-electron chi connectivity index (χ2n) is 6.96. The first kappa shape index (κ1) is 14.4. The lowest BCUT2D eigenvalue weighted by Crippen LogP contribution is -2.64. The number of hydrogen-bond donors (Lipinski definition) is 0. The Kier molecular flexibility index (Phi) is 3.27. The van der Waals surface area contributed by atoms with Crippen LogP contribution in [0.1, 0.15) is 44.7 Å². The Labute approximate surface area is 127 Å². The predicted molar refractivity (Wildman–Crippen MR) is 83.6 cm³/mol. The van der Waals surface area contributed by atoms with Gasteiger partial charge >= 0.3 is 0 Å². The molecule has 0 unspecified atom stereocenters. The number of piperidine rings is 1. The van der Waals surface area contributed by atoms with Crippen LogP contribution in [0.3, 0.4) is 0 Å². The summed E-state index contributed by atoms with van der Waals surface area (Å²) >= 11 is 0. The smallest absolute Gasteiger partial charge is 0.209 e. The van der Waals surface area contributed by atoms with Crippen molar-refractivity contribution in [3.8, 4) is 5.75 Å². The van der Waals surface area contributed by atoms with Gasteiger partial charge in [0.25, 0.3) is 0 Å². The summed E-state index contributed by atoms with van der Waals surface area (Å²) in [7, 11) is 1.74. The molecule has 0 N–H and O–H groups in total. The van der Waals surface area contributed by atoms with Crippen molar-refractivity contribution in [2.24, 2.45) is 5.41 Å². The molecule has 1 aliphatic heterocycles. The quantitative estimate of drug-likeness (QED) is 0.799. The van der Waals surface area contributed by atoms with Crippen LogP contribution in [-0.2, 0) is 16.6 Å². The van der Waals surface area contributed by atoms with Gasteiger partial charge in [0.15, 0.2) is 0 Å². The van der Waals surface area contributed by atoms with Gasteiger partial charge in [-0.25, -0.2) is 0 Å². The number of ether oxygens (including phenoxy) is 1. The highest BCUT2D eigenvalue weighted by Crippen LogP contribution is 2.58. The molecule has 0 radical (unpaired) electrons. The zero-order valence-electron chi connectivity index (χ0n) is 13.5. The largest absolute Gasteiger partial charge is 0.496 e. The van der Waals surface area contributed by atoms with Crippen molar-refractivity contribution in [2.45, 2.75) is 51.5 Å². The second kappa shape index (κ2) is 4.75. The highest BCUT2D eigenvalue weighted by molar-refractivity contribution is 5.55. The summed E-state index contributed by atoms with van der Waals surface area (Å²) < 4.78 is 5.60. The third-order valence-corrected chi connectivity index (χ3v) is 6.27. The molecule has 0 aromatic heterocycles. The molecule has 2 aliphatic rings. The fourth-order valence-electron chi connectivity index (χ4n) is 4.94. The van der Waals surface area contributed by atoms with Gasteiger partial charge in [0, 0.05) is 18.0 Å². The molecule has 1 amide bonds. The van der Waals surface area contributed by atoms with Crippen molar-refractivity contribution in [3.05, 3.63) is 29.3 Å². The van der Waals surface area contributed by atoms with Crippen molar-refractivity contribution >= 4 is 6.41 Å². The van der Waals surface area contributed by atoms with E-state index in [1.54, 1.807) is 7.11 Å². The summed E-state index contributed by atoms with van der Waals surface area (Å²) in [4.78, 5) is 13.5. The molecule has 114 valence electrons. The zero-order valence-corrected chi connectivity index (χ0v) is 13.5. The maximum absolute atomic E-state index is 11.5. The number of nitrogens with zero attached hydrogens (tertiary/aromatic N) is 1. The third-order valence-electron chi connectivity index (χ3n) is 6.27. The first-order valence-electron chi connectivity index (χ1n) is 7.89. The number of benzene rings is 1. The van der Waals surface area contributed by atoms with Gasteiger partial charge < -0.3 is 9.64 Å². The molecular formula is C18H25NO2. The minimum Gasteiger partial charge on any atom is -0.496 e. The first-order valence-corrected chi connectivity index (χ1v) is 7.89. The molecule has 1 saturated heterocycles. The molecule has 1 fully saturated rings. The number of carbonyl (C=O) groups is 1. The van der Waals surface area contributed by atoms with Crippen LogP contribution in [0, 0.1) is 5.41 Å². The van der Waals surface area contributed by atoms with Gasteiger partial charge in [-0.3, -0.25) is 4.79 Å². The van der Waals surface area contributed by atoms with Gasteiger partial charge in [-0.05, 0) is 41.9 Å². The minimum absolute atomic E-state index is 0.0836. The summed E-state index contributed by atoms with van der Waals surface area (Å²) in [5.41, 5.74) is 2.97. The van der Waals surface area contributed by atoms with Crippen molar-refractivity contribution in [1.29, 1.82) is 0 Å². The van der Waals surface area contributed by atoms with Crippen molar-refractivity contribution in [2.75, 3.05) is 13.7 Å². The summed E-state index contributed by atoms with van der Waals surface area (Å²) in [6, 6.07) is 6.68. The summed E-state index contributed by atoms with van der Waals surface area (Å²) in [5, 5.41) is 0. The normalized spacial score (nSPS) is 29.7. The molecule has 3 nitrogen and oxygen atoms in total. The molecule has 0 saturated carbocycles. The lowest BCUT2D eigenvalue weighted by Gasteiger charge is -2.61. The first-order chi connectivity index (χ1) is 10.0. The van der Waals surface area contributed by atoms with Gasteiger partial charge in [0.1, 0.15) is 5.75 Å². The van der Waals surface area contributed by atoms with Gasteiger partial charge in [-0.2, -0.15) is 0 Å². The van der Waals surface area contributed by atoms with Crippen LogP contribution in [0.2, 0.25) is 0 Å². The van der Waals surface area contributed by atoms with Crippen LogP contribution in [0.15, 0.2) is 18.2 Å². The molecule has 2 bridgehead atoms. The number of fused-ring (bicyclic) bond motifs is 4. The van der Waals surface area contributed by atoms with E-state index in [1.807, 2.05) is 11.0 Å². The molecule has 1 aromatic rings. The Hall–Kier alpha value is -1.51. The van der Waals surface area contributed by atoms with E-state index in [0.717, 1.165) is 38.0 Å². The summed E-state index contributed by atoms with van der Waals surface area (Å²) in [6.45, 7) is 7.81. The number of hydrogen-bond acceptors (Lipinski definition) is 2. The van der Waals surface area contributed by atoms with Crippen LogP contribution in [0.5, 0.6) is 5.75 Å². The Morgan fingerprint density at radius 2 is 2.19 bits per heavy atom. The highest BCUT2D eigenvalue weighted by Gasteiger charge is 2.57. The predicted octanol–water partition coefficient (Wildman–Crippen LogP) is 3.16. The van der Waals surface area contributed by atoms with Crippen molar-refractivity contribution in [1.82, 2.24) is 4.90 Å². The van der Waals surface area contributed by atoms with E-state index < -0.39 is 0 Å². The molecule has 1 aromatic carbocycles. The summed E-state index contributed by atoms with van der Waals surface area (Å²) in [6.07, 6.45) is 4.06. The maximum Gasteiger partial charge on any atom is 0.209 e. The maximum atomic E-state index is 11.5. The van der Waals surface area contributed by atoms with E-state index in [-0.39, 0.29) is 16.9 Å². The van der Waals surface area contributed by atoms with Gasteiger partial charge in [0.2, 0.25) is 6.41 Å². The fourth-order valence-corrected chi connectivity index (χ4v) is 4.94. The third kappa shape index (κ3) is 1.69. The van der Waals surface area contributed by atoms with E-state index in [2.05, 4.69) is 32.9 Å². The van der Waals surface area contributed by atoms with Crippen LogP contribution in [-0.4, -0.2) is 31.0 Å². The molecule has 0 spiro atoms. The van der Waals surface area contributed by atoms with Crippen molar-refractivity contribution in [3.63, 3.8) is 0 Å². The number of amides is 1. The molecule has 3 rings (SSSR count). The number of carbonyl (C=O) groups excluding carboxylic acids is 1. The van der Waals surface area contributed by atoms with Crippen LogP contribution >= 0.6 is 0 Å². The van der Waals surface area contributed by atoms with E-state index in [1.165, 1.54) is 11.1 Å². The highest BCUT2D eigenvalue weighted by atomic mass is 16.5. The number of likely N-dealkylation sites (tertiary alicyclic amines) is 1. The Bertz CT molecular complexity index is 566. The fraction of sp³-hybridized carbons (Fsp3) is 0.611. The van der Waals surface area contributed by atoms with E-state index in [9.17, 15) is 4.79 Å². The monoisotopic (exact) mass is 287 g/mol. The van der Waals surface area contributed by atoms with Gasteiger partial charge in [-0.15, -0.1) is 0 Å². The van der Waals surface area contributed by atoms with Crippen LogP contribution < -0.4 is 4.74 Å². The lowest BCUT2D eigenvalue weighted by atomic mass is 9.49. The second-order valence-corrected chi connectivity index (χ2v) is 6.96. The molecule has 3 heteroatoms. The van der Waals surface area contributed by atoms with E-state index >= 15 is 0 Å². The van der Waals surface area contributed by atoms with Gasteiger partial charge in [-0.1, -0.05) is 32.9 Å². The Balaban J connectivity index is 2.25. The van der Waals surface area contributed by atoms with Crippen LogP contribution in [0.25, 0.3) is 0 Å². The van der Waals surface area contributed by atoms with E-state index in [4.69, 9.17) is 4.74 Å². The number of methoxy groups -OCH3 is 1. The Morgan fingerprint density at radius 1 is 1.43 bits per heavy atom. The molecule has 21 heavy (non-hydrogen) atoms. The standard InChI is InChI=1S/C18H25NO2/c1-5-18-9-10-19(12-20)16(17(18,2)3)11-13-14(18)7-6-8-15(13)21-4/h6-8,12,16H,5,9-11H2,1-4H3/t16-,18+/m1/s1. The zero-order chi connectivity index (χ0) is 15.3. The average Bonchev–Trinajstić information content (AvgIpc) is 2.47. The average molecular weight is 287 g/mol. The van der Waals surface area contributed by atoms with E-state index in [0.29, 0.717) is 0 Å².